The summed E-state index contributed by atoms with van der Waals surface area (Å²) in [5, 5.41) is 28.3. The van der Waals surface area contributed by atoms with Gasteiger partial charge in [0.05, 0.1) is 53.8 Å². The second-order valence-corrected chi connectivity index (χ2v) is 10.6. The Bertz CT molecular complexity index is 2150. The Morgan fingerprint density at radius 1 is 0.771 bits per heavy atom. The third-order valence-electron chi connectivity index (χ3n) is 7.34. The number of hydrogen-bond acceptors (Lipinski definition) is 12. The van der Waals surface area contributed by atoms with Gasteiger partial charge in [0.2, 0.25) is 11.6 Å². The van der Waals surface area contributed by atoms with Crippen molar-refractivity contribution in [2.24, 2.45) is 0 Å². The minimum absolute atomic E-state index is 0.0234. The molecule has 2 aromatic heterocycles. The van der Waals surface area contributed by atoms with Crippen molar-refractivity contribution in [2.45, 2.75) is 6.61 Å². The summed E-state index contributed by atoms with van der Waals surface area (Å²) in [6.45, 7) is 0.0234. The maximum absolute atomic E-state index is 12.0. The fourth-order valence-corrected chi connectivity index (χ4v) is 5.18. The first-order valence-electron chi connectivity index (χ1n) is 14.1. The Labute approximate surface area is 276 Å². The highest BCUT2D eigenvalue weighted by Crippen LogP contribution is 2.44. The summed E-state index contributed by atoms with van der Waals surface area (Å²) in [4.78, 5) is 31.4. The predicted octanol–water partition coefficient (Wildman–Crippen LogP) is 7.69. The third kappa shape index (κ3) is 6.24. The molecular weight excluding hydrogens is 646 g/mol. The number of benzene rings is 4. The summed E-state index contributed by atoms with van der Waals surface area (Å²) in [7, 11) is 4.40. The van der Waals surface area contributed by atoms with Crippen molar-refractivity contribution in [3.8, 4) is 56.8 Å². The fourth-order valence-electron chi connectivity index (χ4n) is 5.06. The first kappa shape index (κ1) is 31.7. The molecule has 242 valence electrons. The van der Waals surface area contributed by atoms with Gasteiger partial charge in [0.1, 0.15) is 5.75 Å². The molecule has 48 heavy (non-hydrogen) atoms. The van der Waals surface area contributed by atoms with Crippen LogP contribution in [0, 0.1) is 20.2 Å². The number of nitrogens with zero attached hydrogens (tertiary/aromatic N) is 5. The first-order chi connectivity index (χ1) is 23.2. The highest BCUT2D eigenvalue weighted by Gasteiger charge is 2.24. The lowest BCUT2D eigenvalue weighted by Crippen LogP contribution is -2.00. The monoisotopic (exact) mass is 669 g/mol. The molecule has 0 saturated carbocycles. The molecule has 0 unspecified atom stereocenters. The smallest absolute Gasteiger partial charge is 0.285 e. The molecule has 6 rings (SSSR count). The topological polar surface area (TPSA) is 175 Å². The van der Waals surface area contributed by atoms with E-state index in [-0.39, 0.29) is 17.5 Å². The molecule has 14 nitrogen and oxygen atoms in total. The maximum Gasteiger partial charge on any atom is 0.285 e. The van der Waals surface area contributed by atoms with Gasteiger partial charge < -0.3 is 23.5 Å². The van der Waals surface area contributed by atoms with E-state index in [1.807, 2.05) is 0 Å². The van der Waals surface area contributed by atoms with Gasteiger partial charge >= 0.3 is 0 Å². The summed E-state index contributed by atoms with van der Waals surface area (Å²) < 4.78 is 27.8. The molecule has 0 aliphatic carbocycles. The summed E-state index contributed by atoms with van der Waals surface area (Å²) in [5.74, 6) is 2.17. The van der Waals surface area contributed by atoms with Crippen molar-refractivity contribution in [2.75, 3.05) is 21.3 Å². The number of pyridine rings is 1. The van der Waals surface area contributed by atoms with Crippen molar-refractivity contribution in [1.29, 1.82) is 0 Å². The minimum Gasteiger partial charge on any atom is -0.493 e. The molecule has 0 saturated heterocycles. The van der Waals surface area contributed by atoms with Crippen LogP contribution in [0.5, 0.6) is 23.0 Å². The van der Waals surface area contributed by atoms with E-state index in [0.717, 1.165) is 6.07 Å². The van der Waals surface area contributed by atoms with E-state index in [1.54, 1.807) is 66.7 Å². The van der Waals surface area contributed by atoms with Crippen LogP contribution in [0.25, 0.3) is 44.7 Å². The molecule has 15 heteroatoms. The van der Waals surface area contributed by atoms with Gasteiger partial charge in [-0.05, 0) is 60.2 Å². The average Bonchev–Trinajstić information content (AvgIpc) is 3.58. The van der Waals surface area contributed by atoms with Crippen molar-refractivity contribution in [3.63, 3.8) is 0 Å². The van der Waals surface area contributed by atoms with Gasteiger partial charge in [0.25, 0.3) is 17.3 Å². The zero-order chi connectivity index (χ0) is 33.9. The Hall–Kier alpha value is -6.28. The van der Waals surface area contributed by atoms with Crippen LogP contribution in [-0.2, 0) is 6.61 Å². The summed E-state index contributed by atoms with van der Waals surface area (Å²) in [6.07, 6.45) is 0. The summed E-state index contributed by atoms with van der Waals surface area (Å²) in [6, 6.07) is 20.9. The molecule has 2 heterocycles. The van der Waals surface area contributed by atoms with Crippen LogP contribution in [0.1, 0.15) is 5.82 Å². The van der Waals surface area contributed by atoms with Crippen LogP contribution >= 0.6 is 11.6 Å². The van der Waals surface area contributed by atoms with Crippen LogP contribution in [-0.4, -0.2) is 46.3 Å². The zero-order valence-corrected chi connectivity index (χ0v) is 26.3. The standard InChI is InChI=1S/C33H24ClN5O9/c1-44-28-12-20(13-29(45-2)32(28)46-3)31-24(16-25-26(35-31)14-22(38(40)41)15-27(25)39(42)43)18-6-10-23(11-7-18)47-17-30-36-33(48-37-30)19-4-8-21(34)9-5-19/h4-16H,17H2,1-3H3. The van der Waals surface area contributed by atoms with E-state index in [1.165, 1.54) is 27.4 Å². The quantitative estimate of drug-likeness (QED) is 0.0972. The fraction of sp³-hybridized carbons (Fsp3) is 0.121. The number of methoxy groups -OCH3 is 3. The summed E-state index contributed by atoms with van der Waals surface area (Å²) >= 11 is 5.95. The van der Waals surface area contributed by atoms with Crippen LogP contribution in [0.4, 0.5) is 11.4 Å². The highest BCUT2D eigenvalue weighted by molar-refractivity contribution is 6.30. The number of ether oxygens (including phenoxy) is 4. The Morgan fingerprint density at radius 3 is 2.04 bits per heavy atom. The largest absolute Gasteiger partial charge is 0.493 e. The van der Waals surface area contributed by atoms with Crippen molar-refractivity contribution in [1.82, 2.24) is 15.1 Å². The maximum atomic E-state index is 12.0. The van der Waals surface area contributed by atoms with Crippen LogP contribution in [0.15, 0.2) is 83.4 Å². The molecular formula is C33H24ClN5O9. The van der Waals surface area contributed by atoms with Gasteiger partial charge in [-0.3, -0.25) is 20.2 Å². The van der Waals surface area contributed by atoms with E-state index in [4.69, 9.17) is 40.1 Å². The number of non-ortho nitro benzene ring substituents is 2. The second-order valence-electron chi connectivity index (χ2n) is 10.2. The lowest BCUT2D eigenvalue weighted by molar-refractivity contribution is -0.393. The Morgan fingerprint density at radius 2 is 1.44 bits per heavy atom. The lowest BCUT2D eigenvalue weighted by atomic mass is 9.96. The van der Waals surface area contributed by atoms with Crippen molar-refractivity contribution < 1.29 is 33.3 Å². The number of nitro groups is 2. The Kier molecular flexibility index (Phi) is 8.73. The molecule has 4 aromatic carbocycles. The number of nitro benzene ring substituents is 2. The van der Waals surface area contributed by atoms with Gasteiger partial charge in [-0.25, -0.2) is 4.98 Å². The highest BCUT2D eigenvalue weighted by atomic mass is 35.5. The number of hydrogen-bond donors (Lipinski definition) is 0. The average molecular weight is 670 g/mol. The number of aromatic nitrogens is 3. The van der Waals surface area contributed by atoms with E-state index < -0.39 is 21.2 Å². The molecule has 0 amide bonds. The van der Waals surface area contributed by atoms with Crippen LogP contribution in [0.3, 0.4) is 0 Å². The molecule has 0 bridgehead atoms. The van der Waals surface area contributed by atoms with Gasteiger partial charge in [0, 0.05) is 27.8 Å². The molecule has 0 radical (unpaired) electrons. The molecule has 0 atom stereocenters. The molecule has 0 aliphatic rings. The van der Waals surface area contributed by atoms with Gasteiger partial charge in [0.15, 0.2) is 18.1 Å². The van der Waals surface area contributed by atoms with Gasteiger partial charge in [-0.2, -0.15) is 4.98 Å². The van der Waals surface area contributed by atoms with Crippen LogP contribution in [0.2, 0.25) is 5.02 Å². The van der Waals surface area contributed by atoms with Gasteiger partial charge in [-0.1, -0.05) is 28.9 Å². The van der Waals surface area contributed by atoms with Crippen molar-refractivity contribution in [3.05, 3.63) is 110 Å². The predicted molar refractivity (Wildman–Crippen MR) is 175 cm³/mol. The minimum atomic E-state index is -0.701. The molecule has 0 N–H and O–H groups in total. The Balaban J connectivity index is 1.40. The van der Waals surface area contributed by atoms with E-state index in [2.05, 4.69) is 10.1 Å². The van der Waals surface area contributed by atoms with E-state index >= 15 is 0 Å². The van der Waals surface area contributed by atoms with Crippen LogP contribution < -0.4 is 18.9 Å². The lowest BCUT2D eigenvalue weighted by Gasteiger charge is -2.16. The molecule has 0 spiro atoms. The third-order valence-corrected chi connectivity index (χ3v) is 7.59. The first-order valence-corrected chi connectivity index (χ1v) is 14.5. The molecule has 0 aliphatic heterocycles. The summed E-state index contributed by atoms with van der Waals surface area (Å²) in [5.41, 5.74) is 1.82. The molecule has 0 fully saturated rings. The number of rotatable bonds is 11. The van der Waals surface area contributed by atoms with E-state index in [0.29, 0.717) is 67.7 Å². The van der Waals surface area contributed by atoms with Crippen molar-refractivity contribution >= 4 is 33.9 Å². The normalized spacial score (nSPS) is 10.9. The molecule has 6 aromatic rings. The number of fused-ring (bicyclic) bond motifs is 1. The zero-order valence-electron chi connectivity index (χ0n) is 25.5. The SMILES string of the molecule is COc1cc(-c2nc3cc([N+](=O)[O-])cc([N+](=O)[O-])c3cc2-c2ccc(OCc3noc(-c4ccc(Cl)cc4)n3)cc2)cc(OC)c1OC. The van der Waals surface area contributed by atoms with Gasteiger partial charge in [-0.15, -0.1) is 0 Å². The second kappa shape index (κ2) is 13.2. The van der Waals surface area contributed by atoms with E-state index in [9.17, 15) is 20.2 Å². The number of halogens is 1.